The molecule has 0 saturated carbocycles. The molecule has 0 aliphatic heterocycles. The molecule has 13 heavy (non-hydrogen) atoms. The highest BCUT2D eigenvalue weighted by molar-refractivity contribution is 6.48. The fraction of sp³-hybridized carbons (Fsp3) is 0.200. The van der Waals surface area contributed by atoms with Gasteiger partial charge in [-0.05, 0) is 30.7 Å². The molecule has 1 rings (SSSR count). The lowest BCUT2D eigenvalue weighted by Crippen LogP contribution is -1.93. The van der Waals surface area contributed by atoms with E-state index in [1.807, 2.05) is 12.1 Å². The molecule has 1 unspecified atom stereocenters. The van der Waals surface area contributed by atoms with Crippen LogP contribution in [0.3, 0.4) is 0 Å². The number of rotatable bonds is 2. The summed E-state index contributed by atoms with van der Waals surface area (Å²) in [5, 5.41) is 10.3. The second-order valence-electron chi connectivity index (χ2n) is 2.76. The highest BCUT2D eigenvalue weighted by Gasteiger charge is 1.99. The lowest BCUT2D eigenvalue weighted by atomic mass is 10.2. The third-order valence-corrected chi connectivity index (χ3v) is 2.10. The minimum Gasteiger partial charge on any atom is -0.389 e. The first-order valence-electron chi connectivity index (χ1n) is 3.91. The molecule has 1 aromatic rings. The summed E-state index contributed by atoms with van der Waals surface area (Å²) in [6, 6.07) is 7.14. The molecule has 0 radical (unpaired) electrons. The van der Waals surface area contributed by atoms with Crippen molar-refractivity contribution >= 4 is 28.2 Å². The molecule has 0 aliphatic rings. The van der Waals surface area contributed by atoms with E-state index in [0.29, 0.717) is 10.1 Å². The molecular weight excluding hydrogens is 207 g/mol. The largest absolute Gasteiger partial charge is 0.389 e. The van der Waals surface area contributed by atoms with E-state index in [2.05, 4.69) is 0 Å². The minimum absolute atomic E-state index is 0.534. The molecule has 0 spiro atoms. The average molecular weight is 217 g/mol. The van der Waals surface area contributed by atoms with Crippen molar-refractivity contribution in [3.63, 3.8) is 0 Å². The monoisotopic (exact) mass is 216 g/mol. The number of benzene rings is 1. The fourth-order valence-corrected chi connectivity index (χ4v) is 1.35. The summed E-state index contributed by atoms with van der Waals surface area (Å²) in [6.07, 6.45) is 1.04. The molecule has 0 saturated heterocycles. The van der Waals surface area contributed by atoms with E-state index in [4.69, 9.17) is 28.3 Å². The molecule has 3 heteroatoms. The van der Waals surface area contributed by atoms with Gasteiger partial charge in [0.25, 0.3) is 0 Å². The summed E-state index contributed by atoms with van der Waals surface area (Å²) in [6.45, 7) is 1.65. The zero-order valence-corrected chi connectivity index (χ0v) is 8.68. The Labute approximate surface area is 87.6 Å². The summed E-state index contributed by atoms with van der Waals surface area (Å²) in [5.74, 6) is 0. The maximum absolute atomic E-state index is 9.05. The normalized spacial score (nSPS) is 14.3. The smallest absolute Gasteiger partial charge is 0.0710 e. The van der Waals surface area contributed by atoms with Gasteiger partial charge < -0.3 is 5.11 Å². The van der Waals surface area contributed by atoms with Crippen molar-refractivity contribution in [2.45, 2.75) is 13.0 Å². The highest BCUT2D eigenvalue weighted by Crippen LogP contribution is 2.21. The standard InChI is InChI=1S/C10H10Cl2O/c1-7(13)6-10(12)8-2-4-9(11)5-3-8/h2-7,13H,1H3/b10-6-. The van der Waals surface area contributed by atoms with E-state index in [1.165, 1.54) is 0 Å². The maximum Gasteiger partial charge on any atom is 0.0710 e. The quantitative estimate of drug-likeness (QED) is 0.805. The van der Waals surface area contributed by atoms with Gasteiger partial charge >= 0.3 is 0 Å². The Bertz CT molecular complexity index is 301. The Morgan fingerprint density at radius 1 is 1.38 bits per heavy atom. The van der Waals surface area contributed by atoms with Crippen LogP contribution in [0, 0.1) is 0 Å². The summed E-state index contributed by atoms with van der Waals surface area (Å²) >= 11 is 11.6. The zero-order valence-electron chi connectivity index (χ0n) is 7.17. The molecule has 1 aromatic carbocycles. The van der Waals surface area contributed by atoms with Crippen LogP contribution in [0.15, 0.2) is 30.3 Å². The second kappa shape index (κ2) is 4.66. The van der Waals surface area contributed by atoms with E-state index < -0.39 is 6.10 Å². The predicted molar refractivity (Wildman–Crippen MR) is 57.0 cm³/mol. The van der Waals surface area contributed by atoms with Gasteiger partial charge in [0.1, 0.15) is 0 Å². The first-order chi connectivity index (χ1) is 6.09. The van der Waals surface area contributed by atoms with E-state index in [9.17, 15) is 0 Å². The van der Waals surface area contributed by atoms with Crippen molar-refractivity contribution in [1.29, 1.82) is 0 Å². The first kappa shape index (κ1) is 10.6. The van der Waals surface area contributed by atoms with Crippen molar-refractivity contribution in [2.24, 2.45) is 0 Å². The summed E-state index contributed by atoms with van der Waals surface area (Å²) in [4.78, 5) is 0. The zero-order chi connectivity index (χ0) is 9.84. The molecule has 0 bridgehead atoms. The van der Waals surface area contributed by atoms with Crippen molar-refractivity contribution in [2.75, 3.05) is 0 Å². The van der Waals surface area contributed by atoms with Gasteiger partial charge in [0.05, 0.1) is 6.10 Å². The molecule has 1 atom stereocenters. The maximum atomic E-state index is 9.05. The van der Waals surface area contributed by atoms with Gasteiger partial charge in [-0.25, -0.2) is 0 Å². The van der Waals surface area contributed by atoms with Crippen LogP contribution in [0.25, 0.3) is 5.03 Å². The van der Waals surface area contributed by atoms with Gasteiger partial charge in [0.15, 0.2) is 0 Å². The van der Waals surface area contributed by atoms with Gasteiger partial charge in [-0.1, -0.05) is 35.3 Å². The molecular formula is C10H10Cl2O. The Balaban J connectivity index is 2.89. The third-order valence-electron chi connectivity index (χ3n) is 1.51. The molecule has 0 aromatic heterocycles. The van der Waals surface area contributed by atoms with Gasteiger partial charge in [0.2, 0.25) is 0 Å². The molecule has 70 valence electrons. The van der Waals surface area contributed by atoms with Gasteiger partial charge in [-0.15, -0.1) is 0 Å². The number of halogens is 2. The summed E-state index contributed by atoms with van der Waals surface area (Å²) < 4.78 is 0. The number of aliphatic hydroxyl groups is 1. The van der Waals surface area contributed by atoms with Crippen molar-refractivity contribution in [3.05, 3.63) is 40.9 Å². The van der Waals surface area contributed by atoms with Gasteiger partial charge in [-0.3, -0.25) is 0 Å². The van der Waals surface area contributed by atoms with Crippen LogP contribution in [0.2, 0.25) is 5.02 Å². The Kier molecular flexibility index (Phi) is 3.79. The third kappa shape index (κ3) is 3.39. The first-order valence-corrected chi connectivity index (χ1v) is 4.66. The number of hydrogen-bond donors (Lipinski definition) is 1. The molecule has 1 N–H and O–H groups in total. The van der Waals surface area contributed by atoms with E-state index >= 15 is 0 Å². The van der Waals surface area contributed by atoms with E-state index in [1.54, 1.807) is 25.1 Å². The molecule has 0 amide bonds. The molecule has 1 nitrogen and oxygen atoms in total. The predicted octanol–water partition coefficient (Wildman–Crippen LogP) is 3.30. The van der Waals surface area contributed by atoms with Crippen LogP contribution in [0.5, 0.6) is 0 Å². The second-order valence-corrected chi connectivity index (χ2v) is 3.61. The van der Waals surface area contributed by atoms with Crippen molar-refractivity contribution in [1.82, 2.24) is 0 Å². The topological polar surface area (TPSA) is 20.2 Å². The van der Waals surface area contributed by atoms with Crippen molar-refractivity contribution in [3.8, 4) is 0 Å². The van der Waals surface area contributed by atoms with E-state index in [-0.39, 0.29) is 0 Å². The van der Waals surface area contributed by atoms with Crippen LogP contribution >= 0.6 is 23.2 Å². The van der Waals surface area contributed by atoms with Gasteiger partial charge in [-0.2, -0.15) is 0 Å². The highest BCUT2D eigenvalue weighted by atomic mass is 35.5. The average Bonchev–Trinajstić information content (AvgIpc) is 2.04. The summed E-state index contributed by atoms with van der Waals surface area (Å²) in [5.41, 5.74) is 0.854. The van der Waals surface area contributed by atoms with Crippen LogP contribution < -0.4 is 0 Å². The lowest BCUT2D eigenvalue weighted by Gasteiger charge is -2.01. The van der Waals surface area contributed by atoms with Gasteiger partial charge in [0, 0.05) is 10.1 Å². The molecule has 0 fully saturated rings. The van der Waals surface area contributed by atoms with Crippen LogP contribution in [0.4, 0.5) is 0 Å². The lowest BCUT2D eigenvalue weighted by molar-refractivity contribution is 0.245. The Hall–Kier alpha value is -0.500. The molecule has 0 aliphatic carbocycles. The van der Waals surface area contributed by atoms with Crippen LogP contribution in [0.1, 0.15) is 12.5 Å². The Morgan fingerprint density at radius 2 is 1.92 bits per heavy atom. The Morgan fingerprint density at radius 3 is 2.38 bits per heavy atom. The van der Waals surface area contributed by atoms with Crippen LogP contribution in [-0.2, 0) is 0 Å². The molecule has 0 heterocycles. The summed E-state index contributed by atoms with van der Waals surface area (Å²) in [7, 11) is 0. The number of aliphatic hydroxyl groups excluding tert-OH is 1. The fourth-order valence-electron chi connectivity index (χ4n) is 0.917. The van der Waals surface area contributed by atoms with E-state index in [0.717, 1.165) is 5.56 Å². The van der Waals surface area contributed by atoms with Crippen LogP contribution in [-0.4, -0.2) is 11.2 Å². The van der Waals surface area contributed by atoms with Crippen molar-refractivity contribution < 1.29 is 5.11 Å². The SMILES string of the molecule is CC(O)/C=C(\Cl)c1ccc(Cl)cc1. The minimum atomic E-state index is -0.539. The number of hydrogen-bond acceptors (Lipinski definition) is 1.